The number of anilines is 1. The molecule has 0 aromatic carbocycles. The highest BCUT2D eigenvalue weighted by Crippen LogP contribution is 2.14. The lowest BCUT2D eigenvalue weighted by atomic mass is 10.1. The summed E-state index contributed by atoms with van der Waals surface area (Å²) < 4.78 is 23.2. The molecule has 118 valence electrons. The first-order chi connectivity index (χ1) is 9.75. The zero-order valence-electron chi connectivity index (χ0n) is 13.0. The summed E-state index contributed by atoms with van der Waals surface area (Å²) in [5.41, 5.74) is 0.926. The van der Waals surface area contributed by atoms with Crippen molar-refractivity contribution in [3.63, 3.8) is 0 Å². The third-order valence-corrected chi connectivity index (χ3v) is 5.09. The molecule has 0 unspecified atom stereocenters. The molecule has 0 spiro atoms. The molecule has 1 aliphatic heterocycles. The van der Waals surface area contributed by atoms with Gasteiger partial charge < -0.3 is 10.2 Å². The minimum atomic E-state index is -2.89. The largest absolute Gasteiger partial charge is 0.354 e. The summed E-state index contributed by atoms with van der Waals surface area (Å²) in [7, 11) is -2.89. The van der Waals surface area contributed by atoms with Gasteiger partial charge in [-0.15, -0.1) is 0 Å². The minimum Gasteiger partial charge on any atom is -0.354 e. The maximum atomic E-state index is 11.6. The fourth-order valence-electron chi connectivity index (χ4n) is 2.13. The summed E-state index contributed by atoms with van der Waals surface area (Å²) in [5.74, 6) is 1.22. The topological polar surface area (TPSA) is 75.2 Å². The van der Waals surface area contributed by atoms with Crippen LogP contribution in [0.3, 0.4) is 0 Å². The Balaban J connectivity index is 1.98. The minimum absolute atomic E-state index is 0.0412. The molecular weight excluding hydrogens is 288 g/mol. The molecule has 0 saturated carbocycles. The predicted octanol–water partition coefficient (Wildman–Crippen LogP) is 0.990. The van der Waals surface area contributed by atoms with Crippen LogP contribution < -0.4 is 10.2 Å². The zero-order valence-corrected chi connectivity index (χ0v) is 13.8. The van der Waals surface area contributed by atoms with Crippen LogP contribution in [0, 0.1) is 0 Å². The highest BCUT2D eigenvalue weighted by Gasteiger charge is 2.20. The van der Waals surface area contributed by atoms with Crippen LogP contribution in [0.4, 0.5) is 5.82 Å². The van der Waals surface area contributed by atoms with Crippen molar-refractivity contribution in [2.24, 2.45) is 0 Å². The maximum Gasteiger partial charge on any atom is 0.152 e. The van der Waals surface area contributed by atoms with Crippen LogP contribution in [0.25, 0.3) is 0 Å². The van der Waals surface area contributed by atoms with Crippen molar-refractivity contribution in [3.05, 3.63) is 18.1 Å². The van der Waals surface area contributed by atoms with E-state index in [0.717, 1.165) is 11.5 Å². The summed E-state index contributed by atoms with van der Waals surface area (Å²) in [4.78, 5) is 10.8. The van der Waals surface area contributed by atoms with E-state index < -0.39 is 9.84 Å². The Morgan fingerprint density at radius 2 is 1.95 bits per heavy atom. The van der Waals surface area contributed by atoms with Gasteiger partial charge in [0.1, 0.15) is 5.82 Å². The van der Waals surface area contributed by atoms with E-state index in [1.807, 2.05) is 4.90 Å². The van der Waals surface area contributed by atoms with Gasteiger partial charge in [0.15, 0.2) is 9.84 Å². The van der Waals surface area contributed by atoms with Gasteiger partial charge in [0, 0.05) is 25.2 Å². The van der Waals surface area contributed by atoms with Crippen LogP contribution in [-0.2, 0) is 16.4 Å². The summed E-state index contributed by atoms with van der Waals surface area (Å²) in [6.45, 7) is 8.20. The molecular formula is C14H24N4O2S. The Kier molecular flexibility index (Phi) is 4.83. The Hall–Kier alpha value is -1.21. The fourth-order valence-corrected chi connectivity index (χ4v) is 3.40. The van der Waals surface area contributed by atoms with Gasteiger partial charge in [-0.1, -0.05) is 0 Å². The van der Waals surface area contributed by atoms with Crippen molar-refractivity contribution in [2.45, 2.75) is 39.3 Å². The lowest BCUT2D eigenvalue weighted by Gasteiger charge is -2.22. The highest BCUT2D eigenvalue weighted by molar-refractivity contribution is 7.91. The number of rotatable bonds is 3. The van der Waals surface area contributed by atoms with Gasteiger partial charge in [0.25, 0.3) is 0 Å². The Bertz CT molecular complexity index is 564. The second-order valence-corrected chi connectivity index (χ2v) is 8.77. The highest BCUT2D eigenvalue weighted by atomic mass is 32.2. The van der Waals surface area contributed by atoms with Crippen LogP contribution in [-0.4, -0.2) is 48.5 Å². The van der Waals surface area contributed by atoms with Gasteiger partial charge in [-0.25, -0.2) is 13.4 Å². The Morgan fingerprint density at radius 1 is 1.19 bits per heavy atom. The van der Waals surface area contributed by atoms with Crippen molar-refractivity contribution in [1.82, 2.24) is 15.3 Å². The molecule has 1 saturated heterocycles. The maximum absolute atomic E-state index is 11.6. The second-order valence-electron chi connectivity index (χ2n) is 6.46. The predicted molar refractivity (Wildman–Crippen MR) is 84.1 cm³/mol. The summed E-state index contributed by atoms with van der Waals surface area (Å²) in [6, 6.07) is 0. The molecule has 2 rings (SSSR count). The van der Waals surface area contributed by atoms with Gasteiger partial charge >= 0.3 is 0 Å². The van der Waals surface area contributed by atoms with E-state index in [0.29, 0.717) is 26.1 Å². The zero-order chi connectivity index (χ0) is 15.5. The normalized spacial score (nSPS) is 19.3. The van der Waals surface area contributed by atoms with Gasteiger partial charge in [-0.2, -0.15) is 0 Å². The fraction of sp³-hybridized carbons (Fsp3) is 0.714. The second kappa shape index (κ2) is 6.27. The Morgan fingerprint density at radius 3 is 2.57 bits per heavy atom. The van der Waals surface area contributed by atoms with Crippen molar-refractivity contribution in [1.29, 1.82) is 0 Å². The van der Waals surface area contributed by atoms with E-state index >= 15 is 0 Å². The first kappa shape index (κ1) is 16.2. The van der Waals surface area contributed by atoms with Gasteiger partial charge in [0.05, 0.1) is 29.6 Å². The molecule has 1 fully saturated rings. The van der Waals surface area contributed by atoms with Gasteiger partial charge in [-0.3, -0.25) is 4.98 Å². The lowest BCUT2D eigenvalue weighted by molar-refractivity contribution is 0.421. The Labute approximate surface area is 126 Å². The van der Waals surface area contributed by atoms with Crippen LogP contribution in [0.1, 0.15) is 32.9 Å². The summed E-state index contributed by atoms with van der Waals surface area (Å²) in [6.07, 6.45) is 4.14. The summed E-state index contributed by atoms with van der Waals surface area (Å²) >= 11 is 0. The van der Waals surface area contributed by atoms with E-state index in [9.17, 15) is 8.42 Å². The molecule has 7 heteroatoms. The van der Waals surface area contributed by atoms with E-state index in [-0.39, 0.29) is 17.0 Å². The molecule has 0 atom stereocenters. The van der Waals surface area contributed by atoms with Crippen LogP contribution in [0.2, 0.25) is 0 Å². The number of aromatic nitrogens is 2. The van der Waals surface area contributed by atoms with Crippen LogP contribution in [0.5, 0.6) is 0 Å². The number of sulfone groups is 1. The molecule has 2 heterocycles. The average molecular weight is 312 g/mol. The van der Waals surface area contributed by atoms with E-state index in [1.54, 1.807) is 12.4 Å². The third-order valence-electron chi connectivity index (χ3n) is 3.37. The number of hydrogen-bond donors (Lipinski definition) is 1. The van der Waals surface area contributed by atoms with Gasteiger partial charge in [0.2, 0.25) is 0 Å². The molecule has 6 nitrogen and oxygen atoms in total. The lowest BCUT2D eigenvalue weighted by Crippen LogP contribution is -2.35. The molecule has 21 heavy (non-hydrogen) atoms. The van der Waals surface area contributed by atoms with Crippen LogP contribution >= 0.6 is 0 Å². The third kappa shape index (κ3) is 5.24. The van der Waals surface area contributed by atoms with Crippen molar-refractivity contribution in [2.75, 3.05) is 29.5 Å². The van der Waals surface area contributed by atoms with E-state index in [2.05, 4.69) is 36.1 Å². The molecule has 0 aliphatic carbocycles. The average Bonchev–Trinajstić information content (AvgIpc) is 2.57. The van der Waals surface area contributed by atoms with Crippen LogP contribution in [0.15, 0.2) is 12.4 Å². The molecule has 1 aromatic rings. The number of nitrogens with zero attached hydrogens (tertiary/aromatic N) is 3. The van der Waals surface area contributed by atoms with E-state index in [4.69, 9.17) is 0 Å². The molecule has 1 aliphatic rings. The standard InChI is InChI=1S/C14H24N4O2S/c1-14(2,3)17-10-12-9-16-13(11-15-12)18-5-4-7-21(19,20)8-6-18/h9,11,17H,4-8,10H2,1-3H3. The summed E-state index contributed by atoms with van der Waals surface area (Å²) in [5, 5.41) is 3.36. The van der Waals surface area contributed by atoms with Crippen molar-refractivity contribution in [3.8, 4) is 0 Å². The quantitative estimate of drug-likeness (QED) is 0.897. The monoisotopic (exact) mass is 312 g/mol. The van der Waals surface area contributed by atoms with Crippen molar-refractivity contribution < 1.29 is 8.42 Å². The molecule has 1 aromatic heterocycles. The first-order valence-electron chi connectivity index (χ1n) is 7.26. The smallest absolute Gasteiger partial charge is 0.152 e. The number of nitrogens with one attached hydrogen (secondary N) is 1. The van der Waals surface area contributed by atoms with E-state index in [1.165, 1.54) is 0 Å². The molecule has 0 bridgehead atoms. The molecule has 0 radical (unpaired) electrons. The molecule has 0 amide bonds. The van der Waals surface area contributed by atoms with Gasteiger partial charge in [-0.05, 0) is 27.2 Å². The molecule has 1 N–H and O–H groups in total. The van der Waals surface area contributed by atoms with Crippen molar-refractivity contribution >= 4 is 15.7 Å². The first-order valence-corrected chi connectivity index (χ1v) is 9.09. The number of hydrogen-bond acceptors (Lipinski definition) is 6. The SMILES string of the molecule is CC(C)(C)NCc1cnc(N2CCCS(=O)(=O)CC2)cn1.